The van der Waals surface area contributed by atoms with Gasteiger partial charge in [0, 0.05) is 5.92 Å². The van der Waals surface area contributed by atoms with E-state index in [-0.39, 0.29) is 17.7 Å². The number of rotatable bonds is 9. The second-order valence-corrected chi connectivity index (χ2v) is 6.89. The maximum absolute atomic E-state index is 13.9. The molecule has 0 spiro atoms. The summed E-state index contributed by atoms with van der Waals surface area (Å²) in [4.78, 5) is -0.0767. The van der Waals surface area contributed by atoms with Crippen molar-refractivity contribution < 1.29 is 25.8 Å². The highest BCUT2D eigenvalue weighted by Crippen LogP contribution is 2.21. The topological polar surface area (TPSA) is 43.4 Å². The summed E-state index contributed by atoms with van der Waals surface area (Å²) in [5.74, 6) is -1.06. The van der Waals surface area contributed by atoms with Gasteiger partial charge in [0.1, 0.15) is 12.3 Å². The molecule has 126 valence electrons. The SMILES string of the molecule is Cc1ccc(S(=O)(=O)OCC(F)C(C)C(F)CCCF)cc1. The molecule has 0 saturated carbocycles. The number of hydrogen-bond acceptors (Lipinski definition) is 3. The van der Waals surface area contributed by atoms with Crippen molar-refractivity contribution in [3.8, 4) is 0 Å². The van der Waals surface area contributed by atoms with Crippen LogP contribution < -0.4 is 0 Å². The van der Waals surface area contributed by atoms with E-state index in [0.717, 1.165) is 5.56 Å². The minimum atomic E-state index is -4.07. The largest absolute Gasteiger partial charge is 0.297 e. The summed E-state index contributed by atoms with van der Waals surface area (Å²) < 4.78 is 67.9. The summed E-state index contributed by atoms with van der Waals surface area (Å²) in [5.41, 5.74) is 0.879. The molecule has 0 fully saturated rings. The van der Waals surface area contributed by atoms with E-state index in [1.807, 2.05) is 0 Å². The van der Waals surface area contributed by atoms with E-state index in [1.165, 1.54) is 19.1 Å². The fraction of sp³-hybridized carbons (Fsp3) is 0.600. The third-order valence-electron chi connectivity index (χ3n) is 3.45. The second-order valence-electron chi connectivity index (χ2n) is 5.27. The lowest BCUT2D eigenvalue weighted by Gasteiger charge is -2.20. The van der Waals surface area contributed by atoms with Gasteiger partial charge in [0.2, 0.25) is 0 Å². The quantitative estimate of drug-likeness (QED) is 0.644. The van der Waals surface area contributed by atoms with Gasteiger partial charge in [-0.1, -0.05) is 24.6 Å². The van der Waals surface area contributed by atoms with Gasteiger partial charge in [-0.05, 0) is 31.9 Å². The smallest absolute Gasteiger partial charge is 0.263 e. The molecule has 0 amide bonds. The highest BCUT2D eigenvalue weighted by molar-refractivity contribution is 7.86. The summed E-state index contributed by atoms with van der Waals surface area (Å²) in [6.07, 6.45) is -3.39. The zero-order chi connectivity index (χ0) is 16.8. The van der Waals surface area contributed by atoms with E-state index in [0.29, 0.717) is 0 Å². The summed E-state index contributed by atoms with van der Waals surface area (Å²) in [7, 11) is -4.07. The molecule has 1 rings (SSSR count). The van der Waals surface area contributed by atoms with Crippen LogP contribution in [0.5, 0.6) is 0 Å². The molecule has 0 heterocycles. The summed E-state index contributed by atoms with van der Waals surface area (Å²) >= 11 is 0. The Kier molecular flexibility index (Phi) is 7.35. The van der Waals surface area contributed by atoms with Gasteiger partial charge >= 0.3 is 0 Å². The Balaban J connectivity index is 2.58. The molecule has 0 bridgehead atoms. The molecule has 22 heavy (non-hydrogen) atoms. The molecule has 0 aliphatic rings. The number of benzene rings is 1. The molecular weight excluding hydrogens is 317 g/mol. The Morgan fingerprint density at radius 3 is 2.27 bits per heavy atom. The molecule has 1 aromatic carbocycles. The van der Waals surface area contributed by atoms with Crippen molar-refractivity contribution in [1.29, 1.82) is 0 Å². The van der Waals surface area contributed by atoms with Crippen LogP contribution in [0.15, 0.2) is 29.2 Å². The maximum Gasteiger partial charge on any atom is 0.297 e. The molecule has 1 aromatic rings. The van der Waals surface area contributed by atoms with Crippen molar-refractivity contribution in [2.24, 2.45) is 5.92 Å². The first-order valence-electron chi connectivity index (χ1n) is 7.08. The Morgan fingerprint density at radius 1 is 1.14 bits per heavy atom. The first-order chi connectivity index (χ1) is 10.3. The molecule has 3 nitrogen and oxygen atoms in total. The Bertz CT molecular complexity index is 546. The predicted molar refractivity (Wildman–Crippen MR) is 78.5 cm³/mol. The zero-order valence-electron chi connectivity index (χ0n) is 12.6. The minimum absolute atomic E-state index is 0.0146. The molecule has 7 heteroatoms. The standard InChI is InChI=1S/C15H21F3O3S/c1-11-5-7-13(8-6-11)22(19,20)21-10-15(18)12(2)14(17)4-3-9-16/h5-8,12,14-15H,3-4,9-10H2,1-2H3. The highest BCUT2D eigenvalue weighted by Gasteiger charge is 2.27. The molecule has 3 unspecified atom stereocenters. The van der Waals surface area contributed by atoms with Gasteiger partial charge in [-0.3, -0.25) is 8.57 Å². The van der Waals surface area contributed by atoms with E-state index >= 15 is 0 Å². The predicted octanol–water partition coefficient (Wildman–Crippen LogP) is 3.76. The van der Waals surface area contributed by atoms with Crippen molar-refractivity contribution in [3.05, 3.63) is 29.8 Å². The van der Waals surface area contributed by atoms with Crippen molar-refractivity contribution in [1.82, 2.24) is 0 Å². The average Bonchev–Trinajstić information content (AvgIpc) is 2.50. The number of halogens is 3. The molecule has 3 atom stereocenters. The van der Waals surface area contributed by atoms with Crippen LogP contribution in [0.25, 0.3) is 0 Å². The van der Waals surface area contributed by atoms with Gasteiger partial charge < -0.3 is 0 Å². The number of aryl methyl sites for hydroxylation is 1. The number of alkyl halides is 3. The Hall–Kier alpha value is -1.08. The van der Waals surface area contributed by atoms with E-state index in [1.54, 1.807) is 19.1 Å². The van der Waals surface area contributed by atoms with Gasteiger partial charge in [0.25, 0.3) is 10.1 Å². The second kappa shape index (κ2) is 8.53. The van der Waals surface area contributed by atoms with Gasteiger partial charge in [-0.2, -0.15) is 8.42 Å². The Morgan fingerprint density at radius 2 is 1.73 bits per heavy atom. The molecule has 0 aromatic heterocycles. The fourth-order valence-corrected chi connectivity index (χ4v) is 2.76. The van der Waals surface area contributed by atoms with Crippen molar-refractivity contribution in [2.75, 3.05) is 13.3 Å². The average molecular weight is 338 g/mol. The first-order valence-corrected chi connectivity index (χ1v) is 8.49. The van der Waals surface area contributed by atoms with Gasteiger partial charge in [-0.25, -0.2) is 8.78 Å². The molecule has 0 aliphatic carbocycles. The molecule has 0 N–H and O–H groups in total. The maximum atomic E-state index is 13.9. The first kappa shape index (κ1) is 19.0. The van der Waals surface area contributed by atoms with Crippen LogP contribution in [0.3, 0.4) is 0 Å². The lowest BCUT2D eigenvalue weighted by atomic mass is 9.97. The van der Waals surface area contributed by atoms with E-state index < -0.39 is 41.7 Å². The summed E-state index contributed by atoms with van der Waals surface area (Å²) in [5, 5.41) is 0. The van der Waals surface area contributed by atoms with Crippen LogP contribution in [0, 0.1) is 12.8 Å². The van der Waals surface area contributed by atoms with Crippen LogP contribution in [-0.2, 0) is 14.3 Å². The lowest BCUT2D eigenvalue weighted by molar-refractivity contribution is 0.0898. The van der Waals surface area contributed by atoms with E-state index in [4.69, 9.17) is 0 Å². The van der Waals surface area contributed by atoms with Crippen molar-refractivity contribution in [3.63, 3.8) is 0 Å². The Labute approximate surface area is 129 Å². The van der Waals surface area contributed by atoms with Crippen LogP contribution in [-0.4, -0.2) is 34.0 Å². The van der Waals surface area contributed by atoms with Crippen LogP contribution >= 0.6 is 0 Å². The molecule has 0 radical (unpaired) electrons. The minimum Gasteiger partial charge on any atom is -0.263 e. The normalized spacial score (nSPS) is 16.2. The van der Waals surface area contributed by atoms with Crippen LogP contribution in [0.4, 0.5) is 13.2 Å². The fourth-order valence-electron chi connectivity index (χ4n) is 1.84. The van der Waals surface area contributed by atoms with Crippen molar-refractivity contribution >= 4 is 10.1 Å². The third-order valence-corrected chi connectivity index (χ3v) is 4.74. The monoisotopic (exact) mass is 338 g/mol. The van der Waals surface area contributed by atoms with Crippen molar-refractivity contribution in [2.45, 2.75) is 43.9 Å². The summed E-state index contributed by atoms with van der Waals surface area (Å²) in [6.45, 7) is 1.70. The van der Waals surface area contributed by atoms with E-state index in [9.17, 15) is 21.6 Å². The molecule has 0 saturated heterocycles. The third kappa shape index (κ3) is 5.61. The van der Waals surface area contributed by atoms with Crippen LogP contribution in [0.2, 0.25) is 0 Å². The summed E-state index contributed by atoms with van der Waals surface area (Å²) in [6, 6.07) is 5.92. The van der Waals surface area contributed by atoms with Gasteiger partial charge in [0.05, 0.1) is 18.2 Å². The zero-order valence-corrected chi connectivity index (χ0v) is 13.5. The highest BCUT2D eigenvalue weighted by atomic mass is 32.2. The lowest BCUT2D eigenvalue weighted by Crippen LogP contribution is -2.28. The molecular formula is C15H21F3O3S. The number of hydrogen-bond donors (Lipinski definition) is 0. The van der Waals surface area contributed by atoms with E-state index in [2.05, 4.69) is 4.18 Å². The van der Waals surface area contributed by atoms with Crippen LogP contribution in [0.1, 0.15) is 25.3 Å². The van der Waals surface area contributed by atoms with Gasteiger partial charge in [-0.15, -0.1) is 0 Å². The van der Waals surface area contributed by atoms with Gasteiger partial charge in [0.15, 0.2) is 0 Å². The molecule has 0 aliphatic heterocycles.